The van der Waals surface area contributed by atoms with Crippen molar-refractivity contribution in [1.29, 1.82) is 0 Å². The SMILES string of the molecule is CN1CC(CC(C)(C)O)c2cc(-c3ccccc3)ccc2C1=O. The molecular weight excluding hydrogens is 286 g/mol. The fourth-order valence-electron chi connectivity index (χ4n) is 3.40. The fraction of sp³-hybridized carbons (Fsp3) is 0.350. The Kier molecular flexibility index (Phi) is 3.99. The summed E-state index contributed by atoms with van der Waals surface area (Å²) in [4.78, 5) is 14.2. The average Bonchev–Trinajstić information content (AvgIpc) is 2.51. The largest absolute Gasteiger partial charge is 0.390 e. The number of carbonyl (C=O) groups excluding carboxylic acids is 1. The molecule has 1 heterocycles. The van der Waals surface area contributed by atoms with Crippen LogP contribution in [0.4, 0.5) is 0 Å². The van der Waals surface area contributed by atoms with E-state index in [0.717, 1.165) is 22.3 Å². The number of likely N-dealkylation sites (N-methyl/N-ethyl adjacent to an activating group) is 1. The minimum atomic E-state index is -0.758. The molecule has 0 radical (unpaired) electrons. The molecule has 0 saturated heterocycles. The van der Waals surface area contributed by atoms with Crippen molar-refractivity contribution in [3.63, 3.8) is 0 Å². The van der Waals surface area contributed by atoms with E-state index in [0.29, 0.717) is 13.0 Å². The van der Waals surface area contributed by atoms with E-state index in [1.807, 2.05) is 51.2 Å². The zero-order valence-electron chi connectivity index (χ0n) is 13.9. The van der Waals surface area contributed by atoms with Gasteiger partial charge in [-0.3, -0.25) is 4.79 Å². The van der Waals surface area contributed by atoms with Crippen LogP contribution in [0.5, 0.6) is 0 Å². The van der Waals surface area contributed by atoms with E-state index in [2.05, 4.69) is 18.2 Å². The Bertz CT molecular complexity index is 716. The lowest BCUT2D eigenvalue weighted by Gasteiger charge is -2.35. The summed E-state index contributed by atoms with van der Waals surface area (Å²) in [5.74, 6) is 0.211. The van der Waals surface area contributed by atoms with E-state index >= 15 is 0 Å². The predicted octanol–water partition coefficient (Wildman–Crippen LogP) is 3.68. The molecule has 1 N–H and O–H groups in total. The molecule has 1 amide bonds. The normalized spacial score (nSPS) is 18.0. The standard InChI is InChI=1S/C20H23NO2/c1-20(2,23)12-16-13-21(3)19(22)17-10-9-15(11-18(16)17)14-7-5-4-6-8-14/h4-11,16,23H,12-13H2,1-3H3. The van der Waals surface area contributed by atoms with Gasteiger partial charge in [-0.15, -0.1) is 0 Å². The third-order valence-electron chi connectivity index (χ3n) is 4.42. The highest BCUT2D eigenvalue weighted by Crippen LogP contribution is 2.36. The Hall–Kier alpha value is -2.13. The lowest BCUT2D eigenvalue weighted by atomic mass is 9.81. The molecule has 120 valence electrons. The van der Waals surface area contributed by atoms with Gasteiger partial charge in [0.2, 0.25) is 0 Å². The van der Waals surface area contributed by atoms with E-state index < -0.39 is 5.60 Å². The van der Waals surface area contributed by atoms with Gasteiger partial charge >= 0.3 is 0 Å². The highest BCUT2D eigenvalue weighted by Gasteiger charge is 2.32. The highest BCUT2D eigenvalue weighted by atomic mass is 16.3. The van der Waals surface area contributed by atoms with Crippen LogP contribution in [0.3, 0.4) is 0 Å². The van der Waals surface area contributed by atoms with E-state index in [1.165, 1.54) is 0 Å². The van der Waals surface area contributed by atoms with Crippen LogP contribution in [0, 0.1) is 0 Å². The number of benzene rings is 2. The Labute approximate surface area is 137 Å². The molecule has 1 aliphatic rings. The van der Waals surface area contributed by atoms with Crippen molar-refractivity contribution in [1.82, 2.24) is 4.90 Å². The van der Waals surface area contributed by atoms with Crippen LogP contribution < -0.4 is 0 Å². The van der Waals surface area contributed by atoms with Gasteiger partial charge < -0.3 is 10.0 Å². The second-order valence-electron chi connectivity index (χ2n) is 7.07. The number of carbonyl (C=O) groups is 1. The second-order valence-corrected chi connectivity index (χ2v) is 7.07. The van der Waals surface area contributed by atoms with Gasteiger partial charge in [0.25, 0.3) is 5.91 Å². The highest BCUT2D eigenvalue weighted by molar-refractivity contribution is 5.97. The van der Waals surface area contributed by atoms with E-state index in [4.69, 9.17) is 0 Å². The van der Waals surface area contributed by atoms with Crippen LogP contribution in [0.25, 0.3) is 11.1 Å². The first-order valence-electron chi connectivity index (χ1n) is 8.02. The van der Waals surface area contributed by atoms with Crippen molar-refractivity contribution in [2.24, 2.45) is 0 Å². The number of rotatable bonds is 3. The van der Waals surface area contributed by atoms with Crippen LogP contribution in [-0.2, 0) is 0 Å². The molecular formula is C20H23NO2. The number of hydrogen-bond donors (Lipinski definition) is 1. The maximum Gasteiger partial charge on any atom is 0.253 e. The summed E-state index contributed by atoms with van der Waals surface area (Å²) >= 11 is 0. The molecule has 2 aromatic rings. The van der Waals surface area contributed by atoms with Crippen molar-refractivity contribution in [2.75, 3.05) is 13.6 Å². The van der Waals surface area contributed by atoms with Gasteiger partial charge in [0.05, 0.1) is 5.60 Å². The molecule has 2 aromatic carbocycles. The number of aliphatic hydroxyl groups is 1. The van der Waals surface area contributed by atoms with Crippen molar-refractivity contribution in [3.05, 3.63) is 59.7 Å². The van der Waals surface area contributed by atoms with Crippen LogP contribution in [0.2, 0.25) is 0 Å². The number of fused-ring (bicyclic) bond motifs is 1. The van der Waals surface area contributed by atoms with Gasteiger partial charge in [0.15, 0.2) is 0 Å². The van der Waals surface area contributed by atoms with E-state index in [-0.39, 0.29) is 11.8 Å². The van der Waals surface area contributed by atoms with Crippen molar-refractivity contribution in [3.8, 4) is 11.1 Å². The van der Waals surface area contributed by atoms with Gasteiger partial charge in [0.1, 0.15) is 0 Å². The third kappa shape index (κ3) is 3.30. The molecule has 0 saturated carbocycles. The van der Waals surface area contributed by atoms with E-state index in [9.17, 15) is 9.90 Å². The summed E-state index contributed by atoms with van der Waals surface area (Å²) in [6.07, 6.45) is 0.635. The molecule has 1 unspecified atom stereocenters. The van der Waals surface area contributed by atoms with Gasteiger partial charge in [-0.25, -0.2) is 0 Å². The minimum absolute atomic E-state index is 0.0617. The maximum absolute atomic E-state index is 12.4. The second kappa shape index (κ2) is 5.82. The lowest BCUT2D eigenvalue weighted by molar-refractivity contribution is 0.0520. The Morgan fingerprint density at radius 1 is 1.13 bits per heavy atom. The van der Waals surface area contributed by atoms with Gasteiger partial charge in [-0.2, -0.15) is 0 Å². The number of hydrogen-bond acceptors (Lipinski definition) is 2. The predicted molar refractivity (Wildman–Crippen MR) is 92.5 cm³/mol. The Balaban J connectivity index is 2.06. The van der Waals surface area contributed by atoms with Crippen LogP contribution in [-0.4, -0.2) is 35.1 Å². The molecule has 1 aliphatic heterocycles. The summed E-state index contributed by atoms with van der Waals surface area (Å²) < 4.78 is 0. The summed E-state index contributed by atoms with van der Waals surface area (Å²) in [5.41, 5.74) is 3.31. The number of nitrogens with zero attached hydrogens (tertiary/aromatic N) is 1. The summed E-state index contributed by atoms with van der Waals surface area (Å²) in [6.45, 7) is 4.29. The average molecular weight is 309 g/mol. The summed E-state index contributed by atoms with van der Waals surface area (Å²) in [7, 11) is 1.83. The smallest absolute Gasteiger partial charge is 0.253 e. The first-order chi connectivity index (χ1) is 10.8. The first-order valence-corrected chi connectivity index (χ1v) is 8.02. The maximum atomic E-state index is 12.4. The lowest BCUT2D eigenvalue weighted by Crippen LogP contribution is -2.39. The minimum Gasteiger partial charge on any atom is -0.390 e. The third-order valence-corrected chi connectivity index (χ3v) is 4.42. The van der Waals surface area contributed by atoms with Crippen LogP contribution >= 0.6 is 0 Å². The topological polar surface area (TPSA) is 40.5 Å². The van der Waals surface area contributed by atoms with Crippen molar-refractivity contribution < 1.29 is 9.90 Å². The molecule has 0 fully saturated rings. The Morgan fingerprint density at radius 2 is 1.83 bits per heavy atom. The summed E-state index contributed by atoms with van der Waals surface area (Å²) in [6, 6.07) is 16.2. The van der Waals surface area contributed by atoms with E-state index in [1.54, 1.807) is 4.90 Å². The molecule has 1 atom stereocenters. The molecule has 0 spiro atoms. The van der Waals surface area contributed by atoms with Gasteiger partial charge in [0, 0.05) is 25.1 Å². The molecule has 3 rings (SSSR count). The van der Waals surface area contributed by atoms with Crippen molar-refractivity contribution in [2.45, 2.75) is 31.8 Å². The monoisotopic (exact) mass is 309 g/mol. The summed E-state index contributed by atoms with van der Waals surface area (Å²) in [5, 5.41) is 10.2. The molecule has 3 nitrogen and oxygen atoms in total. The molecule has 23 heavy (non-hydrogen) atoms. The van der Waals surface area contributed by atoms with Crippen molar-refractivity contribution >= 4 is 5.91 Å². The fourth-order valence-corrected chi connectivity index (χ4v) is 3.40. The first kappa shape index (κ1) is 15.8. The zero-order valence-corrected chi connectivity index (χ0v) is 13.9. The quantitative estimate of drug-likeness (QED) is 0.939. The van der Waals surface area contributed by atoms with Gasteiger partial charge in [-0.05, 0) is 43.0 Å². The zero-order chi connectivity index (χ0) is 16.6. The van der Waals surface area contributed by atoms with Crippen LogP contribution in [0.15, 0.2) is 48.5 Å². The van der Waals surface area contributed by atoms with Gasteiger partial charge in [-0.1, -0.05) is 42.5 Å². The number of amides is 1. The van der Waals surface area contributed by atoms with Crippen LogP contribution in [0.1, 0.15) is 42.1 Å². The molecule has 3 heteroatoms. The molecule has 0 aromatic heterocycles. The Morgan fingerprint density at radius 3 is 2.48 bits per heavy atom. The molecule has 0 bridgehead atoms. The molecule has 0 aliphatic carbocycles.